The molecule has 2 aromatic carbocycles. The van der Waals surface area contributed by atoms with Crippen molar-refractivity contribution in [3.05, 3.63) is 65.7 Å². The van der Waals surface area contributed by atoms with E-state index in [1.807, 2.05) is 0 Å². The summed E-state index contributed by atoms with van der Waals surface area (Å²) in [4.78, 5) is 131. The number of phenols is 1. The Morgan fingerprint density at radius 3 is 1.52 bits per heavy atom. The molecule has 0 aliphatic heterocycles. The number of nitrogens with one attached hydrogen (secondary N) is 8. The number of carboxylic acid groups (broad SMARTS) is 2. The van der Waals surface area contributed by atoms with Crippen LogP contribution in [-0.4, -0.2) is 153 Å². The van der Waals surface area contributed by atoms with E-state index in [0.717, 1.165) is 0 Å². The standard InChI is InChI=1S/C47H69N9O14S/c1-24(2)37(48)44(66)52-32(21-36(60)61)42(64)56-38(25(3)4)45(67)53-31(19-27-11-9-8-10-12-27)41(63)55-39(26(5)6)46(68)54-34(23-57)43(65)51-30(17-18-71-7)40(62)49-22-35(59)50-33(47(69)70)20-28-13-15-29(58)16-14-28/h8-16,24-26,30-34,37-39,57-58H,17-23,48H2,1-7H3,(H,49,62)(H,50,59)(H,51,65)(H,52,66)(H,53,67)(H,54,68)(H,55,63)(H,56,64)(H,60,61)(H,69,70)/t30-,31-,32-,33-,34-,37-,38-,39-/m0/s1. The highest BCUT2D eigenvalue weighted by atomic mass is 32.2. The number of nitrogens with two attached hydrogens (primary N) is 1. The second kappa shape index (κ2) is 30.1. The number of thioether (sulfide) groups is 1. The van der Waals surface area contributed by atoms with E-state index in [9.17, 15) is 68.4 Å². The molecule has 0 spiro atoms. The van der Waals surface area contributed by atoms with Crippen LogP contribution in [0.15, 0.2) is 54.6 Å². The lowest BCUT2D eigenvalue weighted by atomic mass is 9.98. The van der Waals surface area contributed by atoms with Gasteiger partial charge in [0.2, 0.25) is 47.3 Å². The zero-order chi connectivity index (χ0) is 53.5. The topological polar surface area (TPSA) is 374 Å². The Balaban J connectivity index is 2.25. The quantitative estimate of drug-likeness (QED) is 0.0414. The third-order valence-corrected chi connectivity index (χ3v) is 11.6. The van der Waals surface area contributed by atoms with Gasteiger partial charge in [-0.15, -0.1) is 0 Å². The molecule has 24 heteroatoms. The lowest BCUT2D eigenvalue weighted by Gasteiger charge is -2.29. The van der Waals surface area contributed by atoms with Gasteiger partial charge in [0.05, 0.1) is 25.6 Å². The molecule has 0 aliphatic rings. The monoisotopic (exact) mass is 1020 g/mol. The summed E-state index contributed by atoms with van der Waals surface area (Å²) in [6.45, 7) is 8.03. The van der Waals surface area contributed by atoms with Crippen molar-refractivity contribution in [1.82, 2.24) is 42.5 Å². The van der Waals surface area contributed by atoms with Crippen molar-refractivity contribution in [3.8, 4) is 5.75 Å². The molecule has 8 amide bonds. The van der Waals surface area contributed by atoms with Gasteiger partial charge in [-0.3, -0.25) is 43.2 Å². The lowest BCUT2D eigenvalue weighted by Crippen LogP contribution is -2.62. The molecule has 71 heavy (non-hydrogen) atoms. The highest BCUT2D eigenvalue weighted by molar-refractivity contribution is 7.98. The van der Waals surface area contributed by atoms with Crippen LogP contribution in [0, 0.1) is 17.8 Å². The van der Waals surface area contributed by atoms with Crippen molar-refractivity contribution in [1.29, 1.82) is 0 Å². The largest absolute Gasteiger partial charge is 0.508 e. The number of hydrogen-bond donors (Lipinski definition) is 13. The van der Waals surface area contributed by atoms with E-state index in [1.165, 1.54) is 36.0 Å². The van der Waals surface area contributed by atoms with Crippen LogP contribution in [0.1, 0.15) is 65.5 Å². The molecule has 23 nitrogen and oxygen atoms in total. The van der Waals surface area contributed by atoms with Crippen molar-refractivity contribution in [2.24, 2.45) is 23.5 Å². The van der Waals surface area contributed by atoms with Crippen LogP contribution in [-0.2, 0) is 60.8 Å². The fraction of sp³-hybridized carbons (Fsp3) is 0.532. The number of phenolic OH excluding ortho intramolecular Hbond substituents is 1. The molecule has 0 saturated heterocycles. The zero-order valence-electron chi connectivity index (χ0n) is 40.9. The Bertz CT molecular complexity index is 2150. The summed E-state index contributed by atoms with van der Waals surface area (Å²) in [5, 5.41) is 58.5. The molecule has 0 saturated carbocycles. The number of aliphatic hydroxyl groups excluding tert-OH is 1. The number of benzene rings is 2. The van der Waals surface area contributed by atoms with Crippen molar-refractivity contribution < 1.29 is 68.4 Å². The second-order valence-electron chi connectivity index (χ2n) is 17.8. The van der Waals surface area contributed by atoms with Crippen molar-refractivity contribution in [3.63, 3.8) is 0 Å². The number of amides is 8. The van der Waals surface area contributed by atoms with Gasteiger partial charge < -0.3 is 68.7 Å². The molecule has 8 atom stereocenters. The van der Waals surface area contributed by atoms with Crippen LogP contribution in [0.25, 0.3) is 0 Å². The van der Waals surface area contributed by atoms with Gasteiger partial charge in [0.1, 0.15) is 48.0 Å². The highest BCUT2D eigenvalue weighted by Gasteiger charge is 2.36. The molecule has 2 rings (SSSR count). The number of carboxylic acids is 2. The molecule has 392 valence electrons. The third-order valence-electron chi connectivity index (χ3n) is 10.9. The van der Waals surface area contributed by atoms with Crippen molar-refractivity contribution >= 4 is 71.0 Å². The molecule has 0 radical (unpaired) electrons. The maximum absolute atomic E-state index is 14.1. The maximum atomic E-state index is 14.1. The van der Waals surface area contributed by atoms with Crippen LogP contribution >= 0.6 is 11.8 Å². The van der Waals surface area contributed by atoms with E-state index >= 15 is 0 Å². The molecule has 14 N–H and O–H groups in total. The minimum Gasteiger partial charge on any atom is -0.508 e. The zero-order valence-corrected chi connectivity index (χ0v) is 41.7. The molecule has 0 aromatic heterocycles. The molecule has 0 bridgehead atoms. The fourth-order valence-electron chi connectivity index (χ4n) is 6.69. The van der Waals surface area contributed by atoms with Crippen LogP contribution in [0.5, 0.6) is 5.75 Å². The summed E-state index contributed by atoms with van der Waals surface area (Å²) in [5.74, 6) is -11.2. The van der Waals surface area contributed by atoms with Gasteiger partial charge in [-0.2, -0.15) is 11.8 Å². The Morgan fingerprint density at radius 2 is 1.03 bits per heavy atom. The van der Waals surface area contributed by atoms with Gasteiger partial charge in [-0.1, -0.05) is 84.0 Å². The predicted octanol–water partition coefficient (Wildman–Crippen LogP) is -1.71. The van der Waals surface area contributed by atoms with Gasteiger partial charge >= 0.3 is 11.9 Å². The van der Waals surface area contributed by atoms with Gasteiger partial charge in [-0.25, -0.2) is 4.79 Å². The van der Waals surface area contributed by atoms with E-state index < -0.39 is 139 Å². The SMILES string of the molecule is CSCC[C@H](NC(=O)[C@H](CO)NC(=O)[C@@H](NC(=O)[C@H](Cc1ccccc1)NC(=O)[C@@H](NC(=O)[C@H](CC(=O)O)NC(=O)[C@@H](N)C(C)C)C(C)C)C(C)C)C(=O)NCC(=O)N[C@@H](Cc1ccc(O)cc1)C(=O)O. The summed E-state index contributed by atoms with van der Waals surface area (Å²) >= 11 is 1.33. The number of aromatic hydroxyl groups is 1. The summed E-state index contributed by atoms with van der Waals surface area (Å²) in [6.07, 6.45) is 0.713. The molecular weight excluding hydrogens is 947 g/mol. The number of aliphatic hydroxyl groups is 1. The molecule has 0 fully saturated rings. The van der Waals surface area contributed by atoms with Crippen LogP contribution in [0.4, 0.5) is 0 Å². The minimum absolute atomic E-state index is 0.0324. The van der Waals surface area contributed by atoms with E-state index in [-0.39, 0.29) is 30.9 Å². The fourth-order valence-corrected chi connectivity index (χ4v) is 7.16. The Kier molecular flexibility index (Phi) is 25.5. The molecule has 0 heterocycles. The smallest absolute Gasteiger partial charge is 0.326 e. The highest BCUT2D eigenvalue weighted by Crippen LogP contribution is 2.13. The van der Waals surface area contributed by atoms with E-state index in [0.29, 0.717) is 16.9 Å². The van der Waals surface area contributed by atoms with E-state index in [4.69, 9.17) is 5.73 Å². The second-order valence-corrected chi connectivity index (χ2v) is 18.8. The maximum Gasteiger partial charge on any atom is 0.326 e. The van der Waals surface area contributed by atoms with Crippen LogP contribution in [0.2, 0.25) is 0 Å². The number of aliphatic carboxylic acids is 2. The van der Waals surface area contributed by atoms with Crippen molar-refractivity contribution in [2.75, 3.05) is 25.2 Å². The first-order chi connectivity index (χ1) is 33.4. The van der Waals surface area contributed by atoms with Crippen LogP contribution in [0.3, 0.4) is 0 Å². The molecular formula is C47H69N9O14S. The van der Waals surface area contributed by atoms with Gasteiger partial charge in [0.25, 0.3) is 0 Å². The Labute approximate surface area is 416 Å². The van der Waals surface area contributed by atoms with E-state index in [2.05, 4.69) is 42.5 Å². The number of carbonyl (C=O) groups is 10. The molecule has 0 aliphatic carbocycles. The average molecular weight is 1020 g/mol. The summed E-state index contributed by atoms with van der Waals surface area (Å²) in [7, 11) is 0. The average Bonchev–Trinajstić information content (AvgIpc) is 3.31. The van der Waals surface area contributed by atoms with Gasteiger partial charge in [0.15, 0.2) is 0 Å². The Morgan fingerprint density at radius 1 is 0.549 bits per heavy atom. The third kappa shape index (κ3) is 21.0. The van der Waals surface area contributed by atoms with Gasteiger partial charge in [-0.05, 0) is 59.4 Å². The minimum atomic E-state index is -1.66. The summed E-state index contributed by atoms with van der Waals surface area (Å²) in [5.41, 5.74) is 7.00. The summed E-state index contributed by atoms with van der Waals surface area (Å²) in [6, 6.07) is 3.06. The number of carbonyl (C=O) groups excluding carboxylic acids is 8. The first-order valence-corrected chi connectivity index (χ1v) is 24.3. The van der Waals surface area contributed by atoms with Crippen molar-refractivity contribution in [2.45, 2.75) is 116 Å². The number of rotatable bonds is 30. The Hall–Kier alpha value is -6.79. The first-order valence-electron chi connectivity index (χ1n) is 22.9. The first kappa shape index (κ1) is 60.3. The van der Waals surface area contributed by atoms with E-state index in [1.54, 1.807) is 78.1 Å². The van der Waals surface area contributed by atoms with Crippen LogP contribution < -0.4 is 48.3 Å². The predicted molar refractivity (Wildman–Crippen MR) is 261 cm³/mol. The summed E-state index contributed by atoms with van der Waals surface area (Å²) < 4.78 is 0. The number of hydrogen-bond acceptors (Lipinski definition) is 14. The van der Waals surface area contributed by atoms with Gasteiger partial charge in [0, 0.05) is 12.8 Å². The molecule has 0 unspecified atom stereocenters. The lowest BCUT2D eigenvalue weighted by molar-refractivity contribution is -0.142. The molecule has 2 aromatic rings. The normalized spacial score (nSPS) is 14.5.